The van der Waals surface area contributed by atoms with Gasteiger partial charge in [-0.15, -0.1) is 0 Å². The third kappa shape index (κ3) is 6.32. The normalized spacial score (nSPS) is 13.7. The second-order valence-corrected chi connectivity index (χ2v) is 7.69. The van der Waals surface area contributed by atoms with E-state index in [0.29, 0.717) is 28.5 Å². The molecule has 1 aliphatic heterocycles. The number of guanidine groups is 1. The Hall–Kier alpha value is -4.40. The van der Waals surface area contributed by atoms with E-state index >= 15 is 0 Å². The number of amides is 1. The molecule has 2 aromatic carbocycles. The number of pyridine rings is 1. The number of benzene rings is 2. The average Bonchev–Trinajstić information content (AvgIpc) is 2.86. The Labute approximate surface area is 196 Å². The van der Waals surface area contributed by atoms with Crippen LogP contribution in [0.1, 0.15) is 34.9 Å². The summed E-state index contributed by atoms with van der Waals surface area (Å²) in [5.41, 5.74) is 2.53. The molecule has 9 nitrogen and oxygen atoms in total. The first-order valence-electron chi connectivity index (χ1n) is 10.9. The van der Waals surface area contributed by atoms with E-state index < -0.39 is 12.1 Å². The van der Waals surface area contributed by atoms with Crippen LogP contribution in [0, 0.1) is 0 Å². The molecule has 0 saturated heterocycles. The summed E-state index contributed by atoms with van der Waals surface area (Å²) in [7, 11) is 0. The summed E-state index contributed by atoms with van der Waals surface area (Å²) in [5.74, 6) is -0.0392. The van der Waals surface area contributed by atoms with Gasteiger partial charge in [0.15, 0.2) is 5.96 Å². The summed E-state index contributed by atoms with van der Waals surface area (Å²) in [6.45, 7) is 1.64. The summed E-state index contributed by atoms with van der Waals surface area (Å²) < 4.78 is 5.88. The third-order valence-corrected chi connectivity index (χ3v) is 5.09. The first-order chi connectivity index (χ1) is 16.6. The van der Waals surface area contributed by atoms with Crippen LogP contribution in [-0.2, 0) is 4.79 Å². The molecule has 1 atom stereocenters. The van der Waals surface area contributed by atoms with Crippen molar-refractivity contribution < 1.29 is 19.4 Å². The van der Waals surface area contributed by atoms with Gasteiger partial charge < -0.3 is 25.8 Å². The quantitative estimate of drug-likeness (QED) is 0.405. The van der Waals surface area contributed by atoms with Gasteiger partial charge in [0.25, 0.3) is 5.91 Å². The number of aliphatic carboxylic acids is 1. The molecule has 4 N–H and O–H groups in total. The van der Waals surface area contributed by atoms with Gasteiger partial charge in [-0.05, 0) is 55.0 Å². The van der Waals surface area contributed by atoms with Crippen LogP contribution >= 0.6 is 0 Å². The van der Waals surface area contributed by atoms with E-state index in [0.717, 1.165) is 25.2 Å². The number of rotatable bonds is 8. The summed E-state index contributed by atoms with van der Waals surface area (Å²) in [4.78, 5) is 32.4. The highest BCUT2D eigenvalue weighted by Gasteiger charge is 2.18. The second-order valence-electron chi connectivity index (χ2n) is 7.69. The number of ether oxygens (including phenoxy) is 1. The Morgan fingerprint density at radius 1 is 1.09 bits per heavy atom. The number of aromatic nitrogens is 1. The minimum atomic E-state index is -0.971. The van der Waals surface area contributed by atoms with E-state index in [9.17, 15) is 14.7 Å². The largest absolute Gasteiger partial charge is 0.485 e. The summed E-state index contributed by atoms with van der Waals surface area (Å²) in [5, 5.41) is 18.5. The van der Waals surface area contributed by atoms with Gasteiger partial charge in [0.2, 0.25) is 0 Å². The van der Waals surface area contributed by atoms with Gasteiger partial charge in [0.1, 0.15) is 11.9 Å². The average molecular weight is 460 g/mol. The van der Waals surface area contributed by atoms with Crippen molar-refractivity contribution >= 4 is 29.2 Å². The number of carboxylic acids is 1. The number of hydrogen-bond donors (Lipinski definition) is 4. The lowest BCUT2D eigenvalue weighted by Crippen LogP contribution is -2.35. The van der Waals surface area contributed by atoms with Crippen LogP contribution < -0.4 is 20.7 Å². The van der Waals surface area contributed by atoms with Crippen LogP contribution in [0.4, 0.5) is 11.4 Å². The van der Waals surface area contributed by atoms with Gasteiger partial charge in [-0.25, -0.2) is 0 Å². The molecule has 0 fully saturated rings. The van der Waals surface area contributed by atoms with Crippen LogP contribution in [-0.4, -0.2) is 41.0 Å². The van der Waals surface area contributed by atoms with E-state index in [1.807, 2.05) is 6.07 Å². The second kappa shape index (κ2) is 11.0. The van der Waals surface area contributed by atoms with Gasteiger partial charge in [-0.2, -0.15) is 0 Å². The van der Waals surface area contributed by atoms with Gasteiger partial charge in [-0.3, -0.25) is 19.6 Å². The maximum Gasteiger partial charge on any atom is 0.307 e. The van der Waals surface area contributed by atoms with E-state index in [-0.39, 0.29) is 12.3 Å². The fraction of sp³-hybridized carbons (Fsp3) is 0.200. The molecule has 4 rings (SSSR count). The molecule has 0 bridgehead atoms. The number of carbonyl (C=O) groups excluding carboxylic acids is 1. The Kier molecular flexibility index (Phi) is 7.34. The number of nitrogens with one attached hydrogen (secondary N) is 3. The molecular weight excluding hydrogens is 434 g/mol. The molecule has 0 saturated carbocycles. The monoisotopic (exact) mass is 459 g/mol. The molecule has 0 aliphatic carbocycles. The standard InChI is InChI=1S/C25H25N5O4/c31-23(32)15-22(18-5-2-11-26-16-18)34-21-9-7-19(8-10-21)29-24(33)17-4-1-6-20(14-17)30-25-27-12-3-13-28-25/h1-2,4-11,14,16,22H,3,12-13,15H2,(H,29,33)(H,31,32)(H2,27,28,30). The molecule has 34 heavy (non-hydrogen) atoms. The van der Waals surface area contributed by atoms with Gasteiger partial charge in [0, 0.05) is 48.0 Å². The fourth-order valence-electron chi connectivity index (χ4n) is 3.43. The zero-order valence-electron chi connectivity index (χ0n) is 18.4. The SMILES string of the molecule is O=C(O)CC(Oc1ccc(NC(=O)c2cccc(NC3=NCCCN3)c2)cc1)c1cccnc1. The minimum Gasteiger partial charge on any atom is -0.485 e. The molecule has 0 radical (unpaired) electrons. The first-order valence-corrected chi connectivity index (χ1v) is 10.9. The summed E-state index contributed by atoms with van der Waals surface area (Å²) in [6, 6.07) is 17.5. The number of nitrogens with zero attached hydrogens (tertiary/aromatic N) is 2. The fourth-order valence-corrected chi connectivity index (χ4v) is 3.43. The summed E-state index contributed by atoms with van der Waals surface area (Å²) in [6.07, 6.45) is 3.33. The molecule has 1 aromatic heterocycles. The van der Waals surface area contributed by atoms with Gasteiger partial charge in [0.05, 0.1) is 6.42 Å². The van der Waals surface area contributed by atoms with Crippen molar-refractivity contribution in [2.75, 3.05) is 23.7 Å². The van der Waals surface area contributed by atoms with Crippen molar-refractivity contribution in [3.8, 4) is 5.75 Å². The summed E-state index contributed by atoms with van der Waals surface area (Å²) >= 11 is 0. The zero-order chi connectivity index (χ0) is 23.8. The molecule has 1 aliphatic rings. The van der Waals surface area contributed by atoms with Crippen molar-refractivity contribution in [3.05, 3.63) is 84.2 Å². The van der Waals surface area contributed by atoms with Crippen LogP contribution in [0.5, 0.6) is 5.75 Å². The number of aliphatic imine (C=N–C) groups is 1. The Morgan fingerprint density at radius 3 is 2.65 bits per heavy atom. The van der Waals surface area contributed by atoms with Crippen molar-refractivity contribution in [1.29, 1.82) is 0 Å². The Morgan fingerprint density at radius 2 is 1.94 bits per heavy atom. The van der Waals surface area contributed by atoms with Crippen molar-refractivity contribution in [1.82, 2.24) is 10.3 Å². The number of hydrogen-bond acceptors (Lipinski definition) is 7. The van der Waals surface area contributed by atoms with Crippen LogP contribution in [0.3, 0.4) is 0 Å². The number of carboxylic acid groups (broad SMARTS) is 1. The first kappa shape index (κ1) is 22.8. The van der Waals surface area contributed by atoms with E-state index in [1.165, 1.54) is 0 Å². The maximum absolute atomic E-state index is 12.7. The molecule has 9 heteroatoms. The Bertz CT molecular complexity index is 1170. The number of anilines is 2. The zero-order valence-corrected chi connectivity index (χ0v) is 18.4. The lowest BCUT2D eigenvalue weighted by atomic mass is 10.1. The van der Waals surface area contributed by atoms with Crippen LogP contribution in [0.15, 0.2) is 78.0 Å². The maximum atomic E-state index is 12.7. The molecule has 1 amide bonds. The lowest BCUT2D eigenvalue weighted by molar-refractivity contribution is -0.138. The predicted octanol–water partition coefficient (Wildman–Crippen LogP) is 3.69. The molecule has 3 aromatic rings. The van der Waals surface area contributed by atoms with Crippen LogP contribution in [0.2, 0.25) is 0 Å². The van der Waals surface area contributed by atoms with Gasteiger partial charge in [-0.1, -0.05) is 12.1 Å². The number of carbonyl (C=O) groups is 2. The van der Waals surface area contributed by atoms with Gasteiger partial charge >= 0.3 is 5.97 Å². The van der Waals surface area contributed by atoms with E-state index in [4.69, 9.17) is 4.74 Å². The van der Waals surface area contributed by atoms with E-state index in [1.54, 1.807) is 67.0 Å². The van der Waals surface area contributed by atoms with Crippen LogP contribution in [0.25, 0.3) is 0 Å². The Balaban J connectivity index is 1.39. The highest BCUT2D eigenvalue weighted by atomic mass is 16.5. The predicted molar refractivity (Wildman–Crippen MR) is 129 cm³/mol. The molecule has 1 unspecified atom stereocenters. The third-order valence-electron chi connectivity index (χ3n) is 5.09. The van der Waals surface area contributed by atoms with Crippen molar-refractivity contribution in [3.63, 3.8) is 0 Å². The highest BCUT2D eigenvalue weighted by Crippen LogP contribution is 2.26. The minimum absolute atomic E-state index is 0.198. The smallest absolute Gasteiger partial charge is 0.307 e. The molecule has 174 valence electrons. The van der Waals surface area contributed by atoms with Crippen molar-refractivity contribution in [2.45, 2.75) is 18.9 Å². The molecular formula is C25H25N5O4. The lowest BCUT2D eigenvalue weighted by Gasteiger charge is -2.18. The highest BCUT2D eigenvalue weighted by molar-refractivity contribution is 6.05. The molecule has 0 spiro atoms. The van der Waals surface area contributed by atoms with Crippen molar-refractivity contribution in [2.24, 2.45) is 4.99 Å². The topological polar surface area (TPSA) is 125 Å². The van der Waals surface area contributed by atoms with E-state index in [2.05, 4.69) is 25.9 Å². The molecule has 2 heterocycles.